The van der Waals surface area contributed by atoms with Crippen LogP contribution in [0.1, 0.15) is 109 Å². The predicted octanol–water partition coefficient (Wildman–Crippen LogP) is 7.26. The largest absolute Gasteiger partial charge is 0.409 e. The molecule has 2 aromatic heterocycles. The van der Waals surface area contributed by atoms with Gasteiger partial charge in [0.05, 0.1) is 17.9 Å². The number of aromatic nitrogens is 4. The number of Topliss-reactive ketones (excluding diaryl/α,β-unsaturated/α-hetero) is 2. The van der Waals surface area contributed by atoms with Crippen LogP contribution >= 0.6 is 23.1 Å². The molecule has 0 radical (unpaired) electrons. The normalized spacial score (nSPS) is 12.0. The minimum absolute atomic E-state index is 0.177. The third-order valence-electron chi connectivity index (χ3n) is 7.74. The molecule has 0 aliphatic rings. The van der Waals surface area contributed by atoms with Crippen LogP contribution in [0, 0.1) is 25.2 Å². The second-order valence-corrected chi connectivity index (χ2v) is 13.2. The zero-order valence-corrected chi connectivity index (χ0v) is 30.8. The molecule has 11 nitrogen and oxygen atoms in total. The average Bonchev–Trinajstić information content (AvgIpc) is 3.77. The van der Waals surface area contributed by atoms with E-state index < -0.39 is 0 Å². The molecule has 2 unspecified atom stereocenters. The number of nitrogens with two attached hydrogens (primary N) is 1. The number of carbonyl (C=O) groups is 2. The van der Waals surface area contributed by atoms with E-state index in [1.807, 2.05) is 74.5 Å². The smallest absolute Gasteiger partial charge is 0.147 e. The Labute approximate surface area is 303 Å². The summed E-state index contributed by atoms with van der Waals surface area (Å²) in [4.78, 5) is 34.4. The highest BCUT2D eigenvalue weighted by atomic mass is 32.1. The fourth-order valence-corrected chi connectivity index (χ4v) is 6.84. The molecule has 4 rings (SSSR count). The number of nitriles is 1. The van der Waals surface area contributed by atoms with Crippen molar-refractivity contribution in [2.45, 2.75) is 103 Å². The number of unbranched alkanes of at least 4 members (excludes halogenated alkanes) is 5. The first kappa shape index (κ1) is 41.8. The van der Waals surface area contributed by atoms with E-state index in [0.29, 0.717) is 31.5 Å². The van der Waals surface area contributed by atoms with E-state index in [9.17, 15) is 9.59 Å². The number of hydrogen-bond donors (Lipinski definition) is 3. The molecule has 0 aliphatic heterocycles. The Morgan fingerprint density at radius 1 is 0.760 bits per heavy atom. The van der Waals surface area contributed by atoms with Crippen molar-refractivity contribution in [2.75, 3.05) is 7.11 Å². The number of aliphatic hydroxyl groups excluding tert-OH is 1. The van der Waals surface area contributed by atoms with Crippen molar-refractivity contribution in [2.24, 2.45) is 10.9 Å². The number of hydrogen-bond acceptors (Lipinski definition) is 12. The van der Waals surface area contributed by atoms with Crippen LogP contribution in [-0.2, 0) is 22.4 Å². The lowest BCUT2D eigenvalue weighted by Gasteiger charge is -2.13. The van der Waals surface area contributed by atoms with E-state index in [2.05, 4.69) is 29.9 Å². The lowest BCUT2D eigenvalue weighted by Crippen LogP contribution is -2.15. The van der Waals surface area contributed by atoms with Gasteiger partial charge in [-0.25, -0.2) is 9.97 Å². The number of aliphatic hydroxyl groups is 1. The van der Waals surface area contributed by atoms with E-state index in [1.165, 1.54) is 23.1 Å². The molecule has 0 bridgehead atoms. The Morgan fingerprint density at radius 3 is 1.58 bits per heavy atom. The second-order valence-electron chi connectivity index (χ2n) is 11.7. The number of nitrogens with zero attached hydrogens (tertiary/aromatic N) is 6. The van der Waals surface area contributed by atoms with Crippen molar-refractivity contribution in [1.29, 1.82) is 5.26 Å². The van der Waals surface area contributed by atoms with Gasteiger partial charge in [-0.15, -0.1) is 0 Å². The molecule has 0 fully saturated rings. The Bertz CT molecular complexity index is 1600. The molecule has 2 atom stereocenters. The van der Waals surface area contributed by atoms with E-state index >= 15 is 0 Å². The SMILES string of the molecule is CO.Cc1nsc(C(CCCCCC#N)C(=O)Cc2ccccc2)n1.Cc1nsc(C(CCCCCC(N)=NO)C(=O)Cc2ccccc2)n1. The minimum atomic E-state index is -0.213. The van der Waals surface area contributed by atoms with Crippen molar-refractivity contribution in [3.05, 3.63) is 93.5 Å². The van der Waals surface area contributed by atoms with Gasteiger partial charge in [-0.05, 0) is 73.7 Å². The van der Waals surface area contributed by atoms with E-state index in [0.717, 1.165) is 85.4 Å². The third-order valence-corrected chi connectivity index (χ3v) is 9.57. The number of aryl methyl sites for hydroxylation is 2. The molecular formula is C37H49N7O4S2. The van der Waals surface area contributed by atoms with Crippen LogP contribution < -0.4 is 5.73 Å². The number of benzene rings is 2. The zero-order valence-electron chi connectivity index (χ0n) is 29.2. The quantitative estimate of drug-likeness (QED) is 0.0292. The van der Waals surface area contributed by atoms with Crippen LogP contribution in [0.4, 0.5) is 0 Å². The lowest BCUT2D eigenvalue weighted by molar-refractivity contribution is -0.120. The maximum Gasteiger partial charge on any atom is 0.147 e. The van der Waals surface area contributed by atoms with Crippen LogP contribution in [-0.4, -0.2) is 53.5 Å². The van der Waals surface area contributed by atoms with E-state index in [-0.39, 0.29) is 29.2 Å². The molecule has 13 heteroatoms. The van der Waals surface area contributed by atoms with Gasteiger partial charge in [0.15, 0.2) is 0 Å². The number of oxime groups is 1. The maximum atomic E-state index is 12.8. The van der Waals surface area contributed by atoms with Crippen molar-refractivity contribution >= 4 is 40.5 Å². The summed E-state index contributed by atoms with van der Waals surface area (Å²) in [7, 11) is 1.00. The van der Waals surface area contributed by atoms with Crippen LogP contribution in [0.2, 0.25) is 0 Å². The van der Waals surface area contributed by atoms with Gasteiger partial charge < -0.3 is 16.0 Å². The van der Waals surface area contributed by atoms with Gasteiger partial charge in [0.2, 0.25) is 0 Å². The molecule has 2 heterocycles. The first-order valence-electron chi connectivity index (χ1n) is 16.8. The summed E-state index contributed by atoms with van der Waals surface area (Å²) in [5.41, 5.74) is 7.53. The number of carbonyl (C=O) groups excluding carboxylic acids is 2. The molecule has 4 N–H and O–H groups in total. The summed E-state index contributed by atoms with van der Waals surface area (Å²) in [5.74, 6) is 1.68. The molecule has 268 valence electrons. The van der Waals surface area contributed by atoms with E-state index in [1.54, 1.807) is 0 Å². The predicted molar refractivity (Wildman–Crippen MR) is 198 cm³/mol. The van der Waals surface area contributed by atoms with Crippen molar-refractivity contribution in [1.82, 2.24) is 18.7 Å². The minimum Gasteiger partial charge on any atom is -0.409 e. The molecule has 50 heavy (non-hydrogen) atoms. The van der Waals surface area contributed by atoms with Crippen molar-refractivity contribution < 1.29 is 19.9 Å². The Balaban J connectivity index is 0.000000331. The molecule has 0 saturated heterocycles. The van der Waals surface area contributed by atoms with Crippen LogP contribution in [0.15, 0.2) is 65.8 Å². The monoisotopic (exact) mass is 719 g/mol. The number of rotatable bonds is 19. The van der Waals surface area contributed by atoms with Gasteiger partial charge in [0, 0.05) is 32.8 Å². The maximum absolute atomic E-state index is 12.8. The highest BCUT2D eigenvalue weighted by Crippen LogP contribution is 2.28. The average molecular weight is 720 g/mol. The van der Waals surface area contributed by atoms with Gasteiger partial charge in [-0.3, -0.25) is 9.59 Å². The summed E-state index contributed by atoms with van der Waals surface area (Å²) in [6, 6.07) is 21.7. The Kier molecular flexibility index (Phi) is 20.6. The van der Waals surface area contributed by atoms with Gasteiger partial charge in [0.25, 0.3) is 0 Å². The zero-order chi connectivity index (χ0) is 36.6. The molecule has 0 spiro atoms. The van der Waals surface area contributed by atoms with Gasteiger partial charge in [-0.2, -0.15) is 14.0 Å². The number of ketones is 2. The molecular weight excluding hydrogens is 671 g/mol. The Morgan fingerprint density at radius 2 is 1.20 bits per heavy atom. The molecule has 0 amide bonds. The van der Waals surface area contributed by atoms with Crippen LogP contribution in [0.25, 0.3) is 0 Å². The summed E-state index contributed by atoms with van der Waals surface area (Å²) in [6.45, 7) is 3.70. The highest BCUT2D eigenvalue weighted by Gasteiger charge is 2.25. The summed E-state index contributed by atoms with van der Waals surface area (Å²) < 4.78 is 8.44. The van der Waals surface area contributed by atoms with Crippen molar-refractivity contribution in [3.63, 3.8) is 0 Å². The fourth-order valence-electron chi connectivity index (χ4n) is 5.20. The molecule has 0 aliphatic carbocycles. The lowest BCUT2D eigenvalue weighted by atomic mass is 9.93. The summed E-state index contributed by atoms with van der Waals surface area (Å²) in [6.07, 6.45) is 8.98. The second kappa shape index (κ2) is 24.7. The number of amidine groups is 1. The highest BCUT2D eigenvalue weighted by molar-refractivity contribution is 7.05. The first-order chi connectivity index (χ1) is 24.3. The van der Waals surface area contributed by atoms with Crippen LogP contribution in [0.5, 0.6) is 0 Å². The molecule has 0 saturated carbocycles. The third kappa shape index (κ3) is 15.9. The van der Waals surface area contributed by atoms with Gasteiger partial charge >= 0.3 is 0 Å². The van der Waals surface area contributed by atoms with Crippen LogP contribution in [0.3, 0.4) is 0 Å². The topological polar surface area (TPSA) is 188 Å². The van der Waals surface area contributed by atoms with Gasteiger partial charge in [0.1, 0.15) is 39.1 Å². The summed E-state index contributed by atoms with van der Waals surface area (Å²) >= 11 is 2.65. The Hall–Kier alpha value is -4.38. The molecule has 4 aromatic rings. The standard InChI is InChI=1S/C18H24N4O2S.C18H21N3OS.CH4O/c1-13-20-18(25-22-13)15(10-6-3-7-11-17(19)21-24)16(23)12-14-8-4-2-5-9-14;1-14-20-18(23-21-14)16(11-7-2-3-8-12-19)17(22)13-15-9-5-4-6-10-15;1-2/h2,4-5,8-9,15,24H,3,6-7,10-12H2,1H3,(H2,19,21);4-6,9-10,16H,2-3,7-8,11,13H2,1H3;2H,1H3. The van der Waals surface area contributed by atoms with E-state index in [4.69, 9.17) is 21.3 Å². The fraction of sp³-hybridized carbons (Fsp3) is 0.459. The van der Waals surface area contributed by atoms with Gasteiger partial charge in [-0.1, -0.05) is 91.5 Å². The first-order valence-corrected chi connectivity index (χ1v) is 18.4. The van der Waals surface area contributed by atoms with Crippen molar-refractivity contribution in [3.8, 4) is 6.07 Å². The summed E-state index contributed by atoms with van der Waals surface area (Å²) in [5, 5.41) is 28.7. The molecule has 2 aromatic carbocycles.